The first-order valence-electron chi connectivity index (χ1n) is 20.8. The lowest BCUT2D eigenvalue weighted by Crippen LogP contribution is -2.82. The van der Waals surface area contributed by atoms with E-state index < -0.39 is 118 Å². The van der Waals surface area contributed by atoms with Gasteiger partial charge in [-0.15, -0.1) is 6.58 Å². The monoisotopic (exact) mass is 871 g/mol. The van der Waals surface area contributed by atoms with E-state index in [1.807, 2.05) is 0 Å². The van der Waals surface area contributed by atoms with Crippen molar-refractivity contribution in [2.24, 2.45) is 16.7 Å². The van der Waals surface area contributed by atoms with Crippen LogP contribution in [0, 0.1) is 16.7 Å². The first-order valence-corrected chi connectivity index (χ1v) is 20.8. The average molecular weight is 872 g/mol. The molecule has 1 saturated heterocycles. The van der Waals surface area contributed by atoms with Gasteiger partial charge in [-0.25, -0.2) is 14.4 Å². The van der Waals surface area contributed by atoms with Gasteiger partial charge in [-0.1, -0.05) is 32.9 Å². The highest BCUT2D eigenvalue weighted by Gasteiger charge is 2.78. The van der Waals surface area contributed by atoms with Gasteiger partial charge in [0.2, 0.25) is 0 Å². The Bertz CT molecular complexity index is 1990. The fraction of sp³-hybridized carbons (Fsp3) is 0.644. The number of ether oxygens (including phenoxy) is 7. The molecule has 4 N–H and O–H groups in total. The summed E-state index contributed by atoms with van der Waals surface area (Å²) in [6.45, 7) is 17.0. The average Bonchev–Trinajstić information content (AvgIpc) is 3.19. The summed E-state index contributed by atoms with van der Waals surface area (Å²) < 4.78 is 41.1. The minimum Gasteiger partial charge on any atom is -0.497 e. The van der Waals surface area contributed by atoms with Crippen LogP contribution in [0.5, 0.6) is 5.75 Å². The molecule has 0 aromatic heterocycles. The predicted octanol–water partition coefficient (Wildman–Crippen LogP) is 3.82. The van der Waals surface area contributed by atoms with Gasteiger partial charge in [0.15, 0.2) is 23.6 Å². The molecule has 3 fully saturated rings. The van der Waals surface area contributed by atoms with Crippen LogP contribution in [0.15, 0.2) is 48.1 Å². The number of Topliss-reactive ketones (excluding diaryl/α,β-unsaturated/α-hetero) is 1. The first kappa shape index (κ1) is 48.2. The van der Waals surface area contributed by atoms with E-state index in [4.69, 9.17) is 33.2 Å². The van der Waals surface area contributed by atoms with Gasteiger partial charge in [0.05, 0.1) is 42.8 Å². The maximum atomic E-state index is 15.6. The number of esters is 4. The number of rotatable bonds is 13. The summed E-state index contributed by atoms with van der Waals surface area (Å²) in [5.41, 5.74) is -8.76. The van der Waals surface area contributed by atoms with E-state index in [0.29, 0.717) is 5.75 Å². The lowest BCUT2D eigenvalue weighted by Gasteiger charge is -2.67. The molecule has 4 aliphatic rings. The zero-order valence-electron chi connectivity index (χ0n) is 37.1. The van der Waals surface area contributed by atoms with Gasteiger partial charge < -0.3 is 53.8 Å². The van der Waals surface area contributed by atoms with Crippen LogP contribution in [0.1, 0.15) is 105 Å². The minimum absolute atomic E-state index is 0.0109. The first-order chi connectivity index (χ1) is 28.8. The Labute approximate surface area is 361 Å². The number of allylic oxidation sites excluding steroid dienone is 1. The molecule has 0 unspecified atom stereocenters. The fourth-order valence-corrected chi connectivity index (χ4v) is 9.68. The van der Waals surface area contributed by atoms with Crippen LogP contribution in [0.25, 0.3) is 0 Å². The van der Waals surface area contributed by atoms with Crippen LogP contribution in [0.4, 0.5) is 4.79 Å². The van der Waals surface area contributed by atoms with Gasteiger partial charge in [-0.3, -0.25) is 14.4 Å². The van der Waals surface area contributed by atoms with E-state index in [9.17, 15) is 39.3 Å². The molecule has 3 aliphatic carbocycles. The number of alkyl carbamates (subject to hydrolysis) is 1. The summed E-state index contributed by atoms with van der Waals surface area (Å²) in [6.07, 6.45) is -9.87. The number of carbonyl (C=O) groups is 6. The van der Waals surface area contributed by atoms with Crippen molar-refractivity contribution in [2.45, 2.75) is 154 Å². The second-order valence-corrected chi connectivity index (χ2v) is 18.3. The summed E-state index contributed by atoms with van der Waals surface area (Å²) in [4.78, 5) is 83.2. The number of fused-ring (bicyclic) bond motifs is 5. The number of aliphatic hydroxyl groups is 3. The molecule has 5 rings (SSSR count). The van der Waals surface area contributed by atoms with Crippen LogP contribution in [-0.4, -0.2) is 124 Å². The Morgan fingerprint density at radius 2 is 1.77 bits per heavy atom. The molecule has 1 aromatic rings. The van der Waals surface area contributed by atoms with Crippen molar-refractivity contribution in [2.75, 3.05) is 13.7 Å². The Hall–Kier alpha value is -4.84. The highest BCUT2D eigenvalue weighted by atomic mass is 16.6. The van der Waals surface area contributed by atoms with E-state index in [2.05, 4.69) is 11.9 Å². The van der Waals surface area contributed by atoms with Gasteiger partial charge in [-0.05, 0) is 76.8 Å². The molecule has 1 aliphatic heterocycles. The summed E-state index contributed by atoms with van der Waals surface area (Å²) in [5, 5.41) is 39.8. The number of amides is 1. The van der Waals surface area contributed by atoms with Crippen molar-refractivity contribution in [1.82, 2.24) is 5.32 Å². The third-order valence-corrected chi connectivity index (χ3v) is 13.0. The van der Waals surface area contributed by atoms with Gasteiger partial charge in [0, 0.05) is 31.6 Å². The lowest BCUT2D eigenvalue weighted by molar-refractivity contribution is -0.346. The van der Waals surface area contributed by atoms with Crippen LogP contribution < -0.4 is 10.1 Å². The molecule has 11 atom stereocenters. The zero-order valence-corrected chi connectivity index (χ0v) is 37.1. The standard InChI is InChI=1S/C45H61NO16/c1-12-14-18-27(46-40(54)62-41(5,6)7)33(50)39(53)58-28-21-45(55)37(60-38(52)25-16-15-17-26(19-25)56-11)35-43(10,29(48)20-30-44(35,22-57-30)61-24(4)47)36(51)34(59-31(49)13-2)32(23(28)3)42(45,8)9/h12,15-17,19,27-30,33-35,37,48,50,55H,1,13-14,18,20-22H2,2-11H3,(H,46,54)/t27-,28-,29-,30+,33+,34+,35-,37-,43+,44-,45+/m0/s1. The molecule has 342 valence electrons. The van der Waals surface area contributed by atoms with E-state index >= 15 is 4.79 Å². The zero-order chi connectivity index (χ0) is 46.3. The lowest BCUT2D eigenvalue weighted by atomic mass is 9.44. The molecule has 2 bridgehead atoms. The van der Waals surface area contributed by atoms with Crippen molar-refractivity contribution in [3.05, 3.63) is 53.6 Å². The molecule has 0 radical (unpaired) electrons. The number of carbonyl (C=O) groups excluding carboxylic acids is 6. The minimum atomic E-state index is -2.42. The SMILES string of the molecule is C=CCC[C@H](NC(=O)OC(C)(C)C)[C@@H](O)C(=O)O[C@H]1C[C@@]2(O)[C@@H](OC(=O)c3cccc(OC)c3)[C@@H]3[C@]4(OC(C)=O)CO[C@@H]4C[C@H](O)[C@@]3(C)C(=O)[C@H](OC(=O)CC)C(=C1C)C2(C)C. The summed E-state index contributed by atoms with van der Waals surface area (Å²) in [7, 11) is 1.40. The van der Waals surface area contributed by atoms with E-state index in [1.165, 1.54) is 46.1 Å². The largest absolute Gasteiger partial charge is 0.497 e. The second kappa shape index (κ2) is 17.7. The van der Waals surface area contributed by atoms with Crippen molar-refractivity contribution in [1.29, 1.82) is 0 Å². The molecule has 17 heteroatoms. The van der Waals surface area contributed by atoms with E-state index in [1.54, 1.807) is 46.8 Å². The van der Waals surface area contributed by atoms with Crippen molar-refractivity contribution in [3.8, 4) is 5.75 Å². The van der Waals surface area contributed by atoms with Crippen molar-refractivity contribution < 1.29 is 77.2 Å². The van der Waals surface area contributed by atoms with E-state index in [-0.39, 0.29) is 49.0 Å². The number of aliphatic hydroxyl groups excluding tert-OH is 2. The number of benzene rings is 1. The van der Waals surface area contributed by atoms with Crippen LogP contribution >= 0.6 is 0 Å². The normalized spacial score (nSPS) is 32.1. The number of nitrogens with one attached hydrogen (secondary N) is 1. The molecule has 1 aromatic carbocycles. The Morgan fingerprint density at radius 3 is 2.34 bits per heavy atom. The molecule has 0 spiro atoms. The quantitative estimate of drug-likeness (QED) is 0.125. The highest BCUT2D eigenvalue weighted by molar-refractivity contribution is 5.96. The van der Waals surface area contributed by atoms with Crippen molar-refractivity contribution >= 4 is 35.8 Å². The van der Waals surface area contributed by atoms with Gasteiger partial charge in [0.1, 0.15) is 35.3 Å². The maximum absolute atomic E-state index is 15.6. The molecule has 1 heterocycles. The van der Waals surface area contributed by atoms with Crippen molar-refractivity contribution in [3.63, 3.8) is 0 Å². The third kappa shape index (κ3) is 8.60. The number of hydrogen-bond acceptors (Lipinski definition) is 16. The fourth-order valence-electron chi connectivity index (χ4n) is 9.68. The molecule has 1 amide bonds. The molecule has 17 nitrogen and oxygen atoms in total. The highest BCUT2D eigenvalue weighted by Crippen LogP contribution is 2.64. The number of hydrogen-bond donors (Lipinski definition) is 4. The number of ketones is 1. The van der Waals surface area contributed by atoms with Gasteiger partial charge in [0.25, 0.3) is 0 Å². The van der Waals surface area contributed by atoms with Gasteiger partial charge >= 0.3 is 30.0 Å². The Morgan fingerprint density at radius 1 is 1.10 bits per heavy atom. The third-order valence-electron chi connectivity index (χ3n) is 13.0. The summed E-state index contributed by atoms with van der Waals surface area (Å²) in [6, 6.07) is 4.74. The molecular formula is C45H61NO16. The maximum Gasteiger partial charge on any atom is 0.407 e. The van der Waals surface area contributed by atoms with E-state index in [0.717, 1.165) is 6.92 Å². The molecule has 62 heavy (non-hydrogen) atoms. The smallest absolute Gasteiger partial charge is 0.407 e. The van der Waals surface area contributed by atoms with Crippen LogP contribution in [0.3, 0.4) is 0 Å². The van der Waals surface area contributed by atoms with Gasteiger partial charge in [-0.2, -0.15) is 0 Å². The second-order valence-electron chi connectivity index (χ2n) is 18.3. The Balaban J connectivity index is 1.74. The predicted molar refractivity (Wildman–Crippen MR) is 218 cm³/mol. The van der Waals surface area contributed by atoms with Crippen LogP contribution in [0.2, 0.25) is 0 Å². The molecular weight excluding hydrogens is 810 g/mol. The van der Waals surface area contributed by atoms with Crippen LogP contribution in [-0.2, 0) is 47.6 Å². The summed E-state index contributed by atoms with van der Waals surface area (Å²) in [5.74, 6) is -5.99. The summed E-state index contributed by atoms with van der Waals surface area (Å²) >= 11 is 0. The number of methoxy groups -OCH3 is 1. The topological polar surface area (TPSA) is 240 Å². The molecule has 2 saturated carbocycles. The Kier molecular flexibility index (Phi) is 13.8.